The van der Waals surface area contributed by atoms with Gasteiger partial charge in [-0.3, -0.25) is 0 Å². The average molecular weight is 482 g/mol. The van der Waals surface area contributed by atoms with E-state index in [9.17, 15) is 5.11 Å². The number of aryl methyl sites for hydroxylation is 2. The lowest BCUT2D eigenvalue weighted by Crippen LogP contribution is -2.42. The standard InChI is InChI=1S/C27H43N7O/c1-17-24(30-16-21(28)23(35)15-27(3,4)5)31-18(2)32-26(17)34-13-10-19(11-14-34)22-9-8-20-7-6-12-29-25(20)33-22/h8-9,19,21,23,35H,6-7,10-16,28H2,1-5H3,(H,29,33)(H,30,31,32)/t21-,23?/m0/s1. The molecule has 35 heavy (non-hydrogen) atoms. The van der Waals surface area contributed by atoms with Gasteiger partial charge in [0.2, 0.25) is 0 Å². The molecule has 2 aromatic heterocycles. The lowest BCUT2D eigenvalue weighted by molar-refractivity contribution is 0.100. The third kappa shape index (κ3) is 6.41. The first kappa shape index (κ1) is 25.6. The van der Waals surface area contributed by atoms with Crippen molar-refractivity contribution in [3.8, 4) is 0 Å². The van der Waals surface area contributed by atoms with E-state index in [0.29, 0.717) is 18.9 Å². The maximum atomic E-state index is 10.5. The topological polar surface area (TPSA) is 112 Å². The minimum absolute atomic E-state index is 0.0306. The molecule has 0 bridgehead atoms. The van der Waals surface area contributed by atoms with Gasteiger partial charge in [-0.25, -0.2) is 15.0 Å². The second-order valence-corrected chi connectivity index (χ2v) is 11.5. The number of rotatable bonds is 7. The first-order valence-electron chi connectivity index (χ1n) is 13.1. The summed E-state index contributed by atoms with van der Waals surface area (Å²) >= 11 is 0. The fraction of sp³-hybridized carbons (Fsp3) is 0.667. The maximum Gasteiger partial charge on any atom is 0.137 e. The Hall–Kier alpha value is -2.45. The third-order valence-corrected chi connectivity index (χ3v) is 7.18. The molecule has 0 saturated carbocycles. The molecule has 192 valence electrons. The van der Waals surface area contributed by atoms with E-state index in [2.05, 4.69) is 60.3 Å². The number of nitrogens with one attached hydrogen (secondary N) is 2. The van der Waals surface area contributed by atoms with Crippen LogP contribution in [0.25, 0.3) is 0 Å². The number of fused-ring (bicyclic) bond motifs is 1. The van der Waals surface area contributed by atoms with Crippen molar-refractivity contribution < 1.29 is 5.11 Å². The van der Waals surface area contributed by atoms with Gasteiger partial charge in [-0.05, 0) is 63.0 Å². The summed E-state index contributed by atoms with van der Waals surface area (Å²) in [6.45, 7) is 13.7. The lowest BCUT2D eigenvalue weighted by Gasteiger charge is -2.34. The van der Waals surface area contributed by atoms with Crippen molar-refractivity contribution in [1.29, 1.82) is 0 Å². The molecule has 0 aliphatic carbocycles. The van der Waals surface area contributed by atoms with Crippen LogP contribution in [0, 0.1) is 19.3 Å². The maximum absolute atomic E-state index is 10.5. The first-order chi connectivity index (χ1) is 16.6. The van der Waals surface area contributed by atoms with E-state index in [-0.39, 0.29) is 11.5 Å². The molecule has 2 aliphatic rings. The minimum atomic E-state index is -0.559. The molecule has 2 aliphatic heterocycles. The highest BCUT2D eigenvalue weighted by atomic mass is 16.3. The van der Waals surface area contributed by atoms with E-state index in [0.717, 1.165) is 67.7 Å². The van der Waals surface area contributed by atoms with Crippen LogP contribution in [-0.4, -0.2) is 58.4 Å². The van der Waals surface area contributed by atoms with Gasteiger partial charge in [-0.15, -0.1) is 0 Å². The van der Waals surface area contributed by atoms with E-state index in [1.165, 1.54) is 17.7 Å². The van der Waals surface area contributed by atoms with E-state index < -0.39 is 6.10 Å². The van der Waals surface area contributed by atoms with Crippen LogP contribution < -0.4 is 21.3 Å². The van der Waals surface area contributed by atoms with Crippen LogP contribution in [0.3, 0.4) is 0 Å². The Kier molecular flexibility index (Phi) is 7.81. The van der Waals surface area contributed by atoms with Crippen molar-refractivity contribution in [1.82, 2.24) is 15.0 Å². The average Bonchev–Trinajstić information content (AvgIpc) is 2.83. The fourth-order valence-corrected chi connectivity index (χ4v) is 5.18. The SMILES string of the molecule is Cc1nc(NC[C@H](N)C(O)CC(C)(C)C)c(C)c(N2CCC(c3ccc4c(n3)NCCC4)CC2)n1. The molecule has 2 atom stereocenters. The van der Waals surface area contributed by atoms with Crippen LogP contribution >= 0.6 is 0 Å². The zero-order chi connectivity index (χ0) is 25.2. The number of aromatic nitrogens is 3. The van der Waals surface area contributed by atoms with Crippen molar-refractivity contribution in [2.75, 3.05) is 41.7 Å². The molecule has 8 nitrogen and oxygen atoms in total. The number of piperidine rings is 1. The molecular formula is C27H43N7O. The van der Waals surface area contributed by atoms with Crippen LogP contribution in [0.4, 0.5) is 17.5 Å². The molecule has 1 fully saturated rings. The molecule has 0 amide bonds. The number of aliphatic hydroxyl groups is 1. The summed E-state index contributed by atoms with van der Waals surface area (Å²) in [5.74, 6) is 4.09. The van der Waals surface area contributed by atoms with Crippen LogP contribution in [0.5, 0.6) is 0 Å². The summed E-state index contributed by atoms with van der Waals surface area (Å²) in [5, 5.41) is 17.3. The van der Waals surface area contributed by atoms with Crippen LogP contribution in [-0.2, 0) is 6.42 Å². The zero-order valence-electron chi connectivity index (χ0n) is 22.1. The van der Waals surface area contributed by atoms with Gasteiger partial charge in [0.25, 0.3) is 0 Å². The predicted octanol–water partition coefficient (Wildman–Crippen LogP) is 3.77. The number of nitrogens with zero attached hydrogens (tertiary/aromatic N) is 4. The monoisotopic (exact) mass is 481 g/mol. The van der Waals surface area contributed by atoms with Gasteiger partial charge in [0.05, 0.1) is 6.10 Å². The summed E-state index contributed by atoms with van der Waals surface area (Å²) in [7, 11) is 0. The summed E-state index contributed by atoms with van der Waals surface area (Å²) in [6, 6.07) is 4.13. The van der Waals surface area contributed by atoms with Crippen LogP contribution in [0.1, 0.15) is 75.0 Å². The molecule has 1 saturated heterocycles. The highest BCUT2D eigenvalue weighted by Crippen LogP contribution is 2.33. The number of hydrogen-bond donors (Lipinski definition) is 4. The zero-order valence-corrected chi connectivity index (χ0v) is 22.1. The van der Waals surface area contributed by atoms with Gasteiger partial charge >= 0.3 is 0 Å². The number of anilines is 3. The second-order valence-electron chi connectivity index (χ2n) is 11.5. The fourth-order valence-electron chi connectivity index (χ4n) is 5.18. The van der Waals surface area contributed by atoms with Gasteiger partial charge < -0.3 is 26.4 Å². The Labute approximate surface area is 210 Å². The first-order valence-corrected chi connectivity index (χ1v) is 13.1. The molecule has 4 heterocycles. The molecule has 8 heteroatoms. The summed E-state index contributed by atoms with van der Waals surface area (Å²) < 4.78 is 0. The van der Waals surface area contributed by atoms with Gasteiger partial charge in [-0.1, -0.05) is 26.8 Å². The molecule has 4 rings (SSSR count). The van der Waals surface area contributed by atoms with E-state index in [1.54, 1.807) is 0 Å². The molecule has 5 N–H and O–H groups in total. The van der Waals surface area contributed by atoms with Crippen molar-refractivity contribution in [2.24, 2.45) is 11.1 Å². The third-order valence-electron chi connectivity index (χ3n) is 7.18. The summed E-state index contributed by atoms with van der Waals surface area (Å²) in [4.78, 5) is 16.8. The van der Waals surface area contributed by atoms with Crippen molar-refractivity contribution in [3.05, 3.63) is 34.8 Å². The quantitative estimate of drug-likeness (QED) is 0.473. The number of aliphatic hydroxyl groups excluding tert-OH is 1. The van der Waals surface area contributed by atoms with Gasteiger partial charge in [0.15, 0.2) is 0 Å². The molecule has 0 aromatic carbocycles. The van der Waals surface area contributed by atoms with E-state index >= 15 is 0 Å². The second kappa shape index (κ2) is 10.7. The largest absolute Gasteiger partial charge is 0.391 e. The van der Waals surface area contributed by atoms with Gasteiger partial charge in [0, 0.05) is 49.4 Å². The molecule has 0 radical (unpaired) electrons. The van der Waals surface area contributed by atoms with Gasteiger partial charge in [-0.2, -0.15) is 0 Å². The Morgan fingerprint density at radius 1 is 1.17 bits per heavy atom. The van der Waals surface area contributed by atoms with Gasteiger partial charge in [0.1, 0.15) is 23.3 Å². The highest BCUT2D eigenvalue weighted by Gasteiger charge is 2.26. The predicted molar refractivity (Wildman–Crippen MR) is 143 cm³/mol. The number of hydrogen-bond acceptors (Lipinski definition) is 8. The smallest absolute Gasteiger partial charge is 0.137 e. The number of nitrogens with two attached hydrogens (primary N) is 1. The molecule has 1 unspecified atom stereocenters. The van der Waals surface area contributed by atoms with E-state index in [4.69, 9.17) is 15.7 Å². The Morgan fingerprint density at radius 3 is 2.63 bits per heavy atom. The minimum Gasteiger partial charge on any atom is -0.391 e. The Balaban J connectivity index is 1.39. The van der Waals surface area contributed by atoms with Crippen molar-refractivity contribution >= 4 is 17.5 Å². The van der Waals surface area contributed by atoms with Crippen LogP contribution in [0.2, 0.25) is 0 Å². The Bertz CT molecular complexity index is 1010. The van der Waals surface area contributed by atoms with Crippen LogP contribution in [0.15, 0.2) is 12.1 Å². The summed E-state index contributed by atoms with van der Waals surface area (Å²) in [5.41, 5.74) is 9.89. The molecular weight excluding hydrogens is 438 g/mol. The molecule has 0 spiro atoms. The highest BCUT2D eigenvalue weighted by molar-refractivity contribution is 5.59. The van der Waals surface area contributed by atoms with Crippen molar-refractivity contribution in [2.45, 2.75) is 84.8 Å². The summed E-state index contributed by atoms with van der Waals surface area (Å²) in [6.07, 6.45) is 4.52. The van der Waals surface area contributed by atoms with Crippen molar-refractivity contribution in [3.63, 3.8) is 0 Å². The lowest BCUT2D eigenvalue weighted by atomic mass is 9.87. The van der Waals surface area contributed by atoms with E-state index in [1.807, 2.05) is 6.92 Å². The Morgan fingerprint density at radius 2 is 1.91 bits per heavy atom. The molecule has 2 aromatic rings. The number of pyridine rings is 1. The normalized spacial score (nSPS) is 18.5.